The van der Waals surface area contributed by atoms with Gasteiger partial charge in [-0.1, -0.05) is 12.1 Å². The zero-order chi connectivity index (χ0) is 11.3. The Hall–Kier alpha value is -1.42. The third kappa shape index (κ3) is 2.76. The number of esters is 1. The summed E-state index contributed by atoms with van der Waals surface area (Å²) < 4.78 is 9.84. The Morgan fingerprint density at radius 1 is 1.33 bits per heavy atom. The lowest BCUT2D eigenvalue weighted by molar-refractivity contribution is 0.0600. The molecule has 0 aliphatic carbocycles. The second-order valence-corrected chi connectivity index (χ2v) is 3.13. The number of carbonyl (C=O) groups excluding carboxylic acids is 1. The van der Waals surface area contributed by atoms with Gasteiger partial charge in [0.2, 0.25) is 0 Å². The number of hydrogen-bond acceptors (Lipinski definition) is 4. The van der Waals surface area contributed by atoms with Crippen LogP contribution in [0.2, 0.25) is 0 Å². The summed E-state index contributed by atoms with van der Waals surface area (Å²) in [7, 11) is 1.34. The molecule has 15 heavy (non-hydrogen) atoms. The van der Waals surface area contributed by atoms with Crippen LogP contribution in [-0.4, -0.2) is 24.7 Å². The largest absolute Gasteiger partial charge is 0.483 e. The van der Waals surface area contributed by atoms with Crippen molar-refractivity contribution in [3.05, 3.63) is 35.4 Å². The van der Waals surface area contributed by atoms with E-state index in [0.717, 1.165) is 0 Å². The molecule has 0 radical (unpaired) electrons. The van der Waals surface area contributed by atoms with E-state index in [2.05, 4.69) is 4.74 Å². The minimum Gasteiger partial charge on any atom is -0.483 e. The number of hydrogen-bond donors (Lipinski definition) is 0. The third-order valence-corrected chi connectivity index (χ3v) is 2.17. The van der Waals surface area contributed by atoms with Crippen LogP contribution in [-0.2, 0) is 9.47 Å². The molecule has 0 saturated carbocycles. The molecule has 0 fully saturated rings. The maximum atomic E-state index is 11.4. The Bertz CT molecular complexity index is 374. The number of ether oxygens (including phenoxy) is 2. The minimum atomic E-state index is -0.410. The minimum absolute atomic E-state index is 0.318. The molecular weight excluding hydrogens is 212 g/mol. The molecule has 0 spiro atoms. The number of benzene rings is 1. The van der Waals surface area contributed by atoms with Crippen molar-refractivity contribution in [2.45, 2.75) is 6.92 Å². The molecule has 1 aromatic rings. The summed E-state index contributed by atoms with van der Waals surface area (Å²) in [5.74, 6) is -0.410. The monoisotopic (exact) mass is 224 g/mol. The van der Waals surface area contributed by atoms with Crippen LogP contribution in [0.1, 0.15) is 22.8 Å². The first-order valence-electron chi connectivity index (χ1n) is 4.55. The lowest BCUT2D eigenvalue weighted by Crippen LogP contribution is -2.11. The molecule has 0 N–H and O–H groups in total. The predicted octanol–water partition coefficient (Wildman–Crippen LogP) is 2.19. The number of thiocarbonyl (C=S) groups is 1. The van der Waals surface area contributed by atoms with E-state index in [4.69, 9.17) is 17.0 Å². The van der Waals surface area contributed by atoms with Crippen molar-refractivity contribution in [3.63, 3.8) is 0 Å². The van der Waals surface area contributed by atoms with Crippen molar-refractivity contribution in [2.24, 2.45) is 0 Å². The number of methoxy groups -OCH3 is 1. The first kappa shape index (κ1) is 11.7. The van der Waals surface area contributed by atoms with E-state index in [1.807, 2.05) is 6.92 Å². The highest BCUT2D eigenvalue weighted by Crippen LogP contribution is 2.12. The summed E-state index contributed by atoms with van der Waals surface area (Å²) in [5.41, 5.74) is 1.03. The molecule has 4 heteroatoms. The van der Waals surface area contributed by atoms with E-state index in [1.54, 1.807) is 24.3 Å². The summed E-state index contributed by atoms with van der Waals surface area (Å²) >= 11 is 5.04. The van der Waals surface area contributed by atoms with Crippen LogP contribution in [0.25, 0.3) is 0 Å². The normalized spacial score (nSPS) is 9.47. The van der Waals surface area contributed by atoms with Crippen LogP contribution in [0.5, 0.6) is 0 Å². The molecule has 0 amide bonds. The molecule has 0 unspecified atom stereocenters. The zero-order valence-electron chi connectivity index (χ0n) is 8.65. The van der Waals surface area contributed by atoms with Crippen molar-refractivity contribution in [2.75, 3.05) is 13.7 Å². The molecule has 0 aliphatic rings. The molecule has 0 atom stereocenters. The van der Waals surface area contributed by atoms with E-state index in [9.17, 15) is 4.79 Å². The van der Waals surface area contributed by atoms with E-state index >= 15 is 0 Å². The van der Waals surface area contributed by atoms with Gasteiger partial charge in [0.1, 0.15) is 0 Å². The highest BCUT2D eigenvalue weighted by Gasteiger charge is 2.14. The summed E-state index contributed by atoms with van der Waals surface area (Å²) in [6, 6.07) is 6.95. The molecule has 0 heterocycles. The van der Waals surface area contributed by atoms with Gasteiger partial charge in [-0.2, -0.15) is 0 Å². The van der Waals surface area contributed by atoms with E-state index in [1.165, 1.54) is 7.11 Å². The lowest BCUT2D eigenvalue weighted by atomic mass is 10.1. The van der Waals surface area contributed by atoms with Gasteiger partial charge in [-0.25, -0.2) is 4.79 Å². The molecule has 0 aromatic heterocycles. The zero-order valence-corrected chi connectivity index (χ0v) is 9.47. The van der Waals surface area contributed by atoms with Crippen molar-refractivity contribution in [1.29, 1.82) is 0 Å². The lowest BCUT2D eigenvalue weighted by Gasteiger charge is -2.08. The van der Waals surface area contributed by atoms with Crippen LogP contribution >= 0.6 is 12.2 Å². The summed E-state index contributed by atoms with van der Waals surface area (Å²) in [4.78, 5) is 11.4. The Morgan fingerprint density at radius 3 is 2.47 bits per heavy atom. The second kappa shape index (κ2) is 5.46. The van der Waals surface area contributed by atoms with Gasteiger partial charge in [0.05, 0.1) is 19.3 Å². The average Bonchev–Trinajstić information content (AvgIpc) is 2.28. The van der Waals surface area contributed by atoms with Gasteiger partial charge >= 0.3 is 5.97 Å². The smallest absolute Gasteiger partial charge is 0.338 e. The van der Waals surface area contributed by atoms with Gasteiger partial charge in [-0.05, 0) is 31.3 Å². The highest BCUT2D eigenvalue weighted by molar-refractivity contribution is 7.80. The topological polar surface area (TPSA) is 35.5 Å². The van der Waals surface area contributed by atoms with Gasteiger partial charge < -0.3 is 9.47 Å². The van der Waals surface area contributed by atoms with E-state index < -0.39 is 5.97 Å². The Kier molecular flexibility index (Phi) is 4.24. The predicted molar refractivity (Wildman–Crippen MR) is 61.1 cm³/mol. The average molecular weight is 224 g/mol. The number of rotatable bonds is 3. The molecule has 1 rings (SSSR count). The van der Waals surface area contributed by atoms with Gasteiger partial charge in [0, 0.05) is 5.56 Å². The summed E-state index contributed by atoms with van der Waals surface area (Å²) in [5, 5.41) is 0.318. The highest BCUT2D eigenvalue weighted by atomic mass is 32.1. The quantitative estimate of drug-likeness (QED) is 0.582. The first-order valence-corrected chi connectivity index (χ1v) is 4.96. The van der Waals surface area contributed by atoms with Crippen molar-refractivity contribution in [1.82, 2.24) is 0 Å². The SMILES string of the molecule is CCOC(=S)c1ccccc1C(=O)OC. The Balaban J connectivity index is 3.06. The molecule has 0 aliphatic heterocycles. The van der Waals surface area contributed by atoms with Crippen molar-refractivity contribution >= 4 is 23.2 Å². The summed E-state index contributed by atoms with van der Waals surface area (Å²) in [6.07, 6.45) is 0. The number of carbonyl (C=O) groups is 1. The fraction of sp³-hybridized carbons (Fsp3) is 0.273. The molecule has 80 valence electrons. The van der Waals surface area contributed by atoms with Gasteiger partial charge in [0.15, 0.2) is 5.05 Å². The van der Waals surface area contributed by atoms with Gasteiger partial charge in [0.25, 0.3) is 0 Å². The van der Waals surface area contributed by atoms with E-state index in [-0.39, 0.29) is 0 Å². The third-order valence-electron chi connectivity index (χ3n) is 1.83. The van der Waals surface area contributed by atoms with Crippen LogP contribution in [0, 0.1) is 0 Å². The van der Waals surface area contributed by atoms with Crippen LogP contribution in [0.3, 0.4) is 0 Å². The maximum absolute atomic E-state index is 11.4. The molecular formula is C11H12O3S. The molecule has 0 bridgehead atoms. The molecule has 1 aromatic carbocycles. The Labute approximate surface area is 94.0 Å². The van der Waals surface area contributed by atoms with Crippen molar-refractivity contribution < 1.29 is 14.3 Å². The maximum Gasteiger partial charge on any atom is 0.338 e. The van der Waals surface area contributed by atoms with Gasteiger partial charge in [-0.3, -0.25) is 0 Å². The molecule has 3 nitrogen and oxygen atoms in total. The van der Waals surface area contributed by atoms with Crippen LogP contribution in [0.15, 0.2) is 24.3 Å². The van der Waals surface area contributed by atoms with E-state index in [0.29, 0.717) is 22.8 Å². The fourth-order valence-electron chi connectivity index (χ4n) is 1.16. The standard InChI is InChI=1S/C11H12O3S/c1-3-14-11(15)9-7-5-4-6-8(9)10(12)13-2/h4-7H,3H2,1-2H3. The molecule has 0 saturated heterocycles. The Morgan fingerprint density at radius 2 is 1.93 bits per heavy atom. The van der Waals surface area contributed by atoms with Crippen molar-refractivity contribution in [3.8, 4) is 0 Å². The summed E-state index contributed by atoms with van der Waals surface area (Å²) in [6.45, 7) is 2.32. The second-order valence-electron chi connectivity index (χ2n) is 2.76. The van der Waals surface area contributed by atoms with Crippen LogP contribution < -0.4 is 0 Å². The first-order chi connectivity index (χ1) is 7.20. The fourth-order valence-corrected chi connectivity index (χ4v) is 1.45. The van der Waals surface area contributed by atoms with Crippen LogP contribution in [0.4, 0.5) is 0 Å². The van der Waals surface area contributed by atoms with Gasteiger partial charge in [-0.15, -0.1) is 0 Å².